The Morgan fingerprint density at radius 2 is 2.15 bits per heavy atom. The van der Waals surface area contributed by atoms with Crippen molar-refractivity contribution in [2.75, 3.05) is 26.7 Å². The van der Waals surface area contributed by atoms with E-state index in [0.717, 1.165) is 48.3 Å². The molecule has 0 aromatic carbocycles. The minimum Gasteiger partial charge on any atom is -0.444 e. The number of rotatable bonds is 7. The third-order valence-electron chi connectivity index (χ3n) is 5.52. The Balaban J connectivity index is 1.48. The number of pyridine rings is 1. The highest BCUT2D eigenvalue weighted by atomic mass is 16.6. The second kappa shape index (κ2) is 9.93. The predicted octanol–water partition coefficient (Wildman–Crippen LogP) is 3.85. The molecule has 0 aliphatic carbocycles. The number of carbonyl (C=O) groups is 1. The van der Waals surface area contributed by atoms with Gasteiger partial charge in [0.2, 0.25) is 0 Å². The maximum Gasteiger partial charge on any atom is 0.407 e. The van der Waals surface area contributed by atoms with Gasteiger partial charge >= 0.3 is 6.09 Å². The lowest BCUT2D eigenvalue weighted by atomic mass is 10.1. The van der Waals surface area contributed by atoms with Gasteiger partial charge in [0, 0.05) is 62.2 Å². The zero-order chi connectivity index (χ0) is 23.4. The quantitative estimate of drug-likeness (QED) is 0.584. The molecular formula is C24H34N6O3. The van der Waals surface area contributed by atoms with Gasteiger partial charge in [-0.05, 0) is 59.2 Å². The Labute approximate surface area is 194 Å². The molecule has 9 heteroatoms. The van der Waals surface area contributed by atoms with Crippen molar-refractivity contribution >= 4 is 11.7 Å². The molecule has 0 spiro atoms. The maximum atomic E-state index is 11.9. The van der Waals surface area contributed by atoms with Crippen LogP contribution >= 0.6 is 0 Å². The third kappa shape index (κ3) is 6.11. The van der Waals surface area contributed by atoms with Crippen molar-refractivity contribution in [2.24, 2.45) is 0 Å². The molecule has 4 rings (SSSR count). The highest BCUT2D eigenvalue weighted by molar-refractivity contribution is 5.67. The minimum absolute atomic E-state index is 0.0256. The van der Waals surface area contributed by atoms with Gasteiger partial charge in [-0.1, -0.05) is 0 Å². The fourth-order valence-electron chi connectivity index (χ4n) is 3.96. The lowest BCUT2D eigenvalue weighted by molar-refractivity contribution is -0.0394. The molecule has 1 fully saturated rings. The van der Waals surface area contributed by atoms with Crippen LogP contribution in [-0.4, -0.2) is 62.5 Å². The molecule has 33 heavy (non-hydrogen) atoms. The number of amides is 1. The molecule has 1 amide bonds. The van der Waals surface area contributed by atoms with Gasteiger partial charge < -0.3 is 24.1 Å². The summed E-state index contributed by atoms with van der Waals surface area (Å²) < 4.78 is 15.3. The normalized spacial score (nSPS) is 16.9. The van der Waals surface area contributed by atoms with Gasteiger partial charge in [0.15, 0.2) is 0 Å². The van der Waals surface area contributed by atoms with E-state index in [4.69, 9.17) is 14.6 Å². The number of carbonyl (C=O) groups excluding carboxylic acids is 1. The SMILES string of the molecule is CN(CCNC(=O)OC(C)(C)C)Cc1cn(C2CCCCO2)nc1-c1ccc2nccn2c1. The van der Waals surface area contributed by atoms with E-state index in [0.29, 0.717) is 19.6 Å². The number of ether oxygens (including phenoxy) is 2. The summed E-state index contributed by atoms with van der Waals surface area (Å²) in [7, 11) is 2.04. The molecule has 1 saturated heterocycles. The average molecular weight is 455 g/mol. The number of hydrogen-bond donors (Lipinski definition) is 1. The van der Waals surface area contributed by atoms with Crippen LogP contribution in [0.15, 0.2) is 36.9 Å². The first-order valence-electron chi connectivity index (χ1n) is 11.6. The standard InChI is InChI=1S/C24H34N6O3/c1-24(2,3)33-23(31)26-10-12-28(4)15-19-17-30(21-7-5-6-14-32-21)27-22(19)18-8-9-20-25-11-13-29(20)16-18/h8-9,11,13,16-17,21H,5-7,10,12,14-15H2,1-4H3,(H,26,31). The summed E-state index contributed by atoms with van der Waals surface area (Å²) in [6.07, 6.45) is 10.7. The van der Waals surface area contributed by atoms with E-state index in [1.807, 2.05) is 49.2 Å². The summed E-state index contributed by atoms with van der Waals surface area (Å²) in [4.78, 5) is 18.4. The van der Waals surface area contributed by atoms with Gasteiger partial charge in [-0.25, -0.2) is 14.5 Å². The molecule has 9 nitrogen and oxygen atoms in total. The molecule has 1 aliphatic heterocycles. The smallest absolute Gasteiger partial charge is 0.407 e. The van der Waals surface area contributed by atoms with Crippen molar-refractivity contribution in [3.05, 3.63) is 42.5 Å². The second-order valence-corrected chi connectivity index (χ2v) is 9.58. The second-order valence-electron chi connectivity index (χ2n) is 9.58. The van der Waals surface area contributed by atoms with Crippen LogP contribution in [0.2, 0.25) is 0 Å². The first-order valence-corrected chi connectivity index (χ1v) is 11.6. The van der Waals surface area contributed by atoms with Crippen LogP contribution in [0.25, 0.3) is 16.9 Å². The van der Waals surface area contributed by atoms with Crippen LogP contribution in [0.1, 0.15) is 51.8 Å². The van der Waals surface area contributed by atoms with Gasteiger partial charge in [0.1, 0.15) is 17.5 Å². The predicted molar refractivity (Wildman–Crippen MR) is 126 cm³/mol. The van der Waals surface area contributed by atoms with Gasteiger partial charge in [-0.3, -0.25) is 0 Å². The van der Waals surface area contributed by atoms with Crippen LogP contribution in [0.5, 0.6) is 0 Å². The number of alkyl carbamates (subject to hydrolysis) is 1. The van der Waals surface area contributed by atoms with Crippen LogP contribution in [0.3, 0.4) is 0 Å². The van der Waals surface area contributed by atoms with Crippen molar-refractivity contribution in [3.8, 4) is 11.3 Å². The Hall–Kier alpha value is -2.91. The van der Waals surface area contributed by atoms with Crippen LogP contribution in [-0.2, 0) is 16.0 Å². The molecule has 3 aromatic rings. The first-order chi connectivity index (χ1) is 15.8. The number of hydrogen-bond acceptors (Lipinski definition) is 6. The molecule has 0 radical (unpaired) electrons. The van der Waals surface area contributed by atoms with Gasteiger partial charge in [-0.15, -0.1) is 0 Å². The van der Waals surface area contributed by atoms with E-state index in [-0.39, 0.29) is 6.23 Å². The van der Waals surface area contributed by atoms with E-state index in [9.17, 15) is 4.79 Å². The van der Waals surface area contributed by atoms with Crippen molar-refractivity contribution in [1.82, 2.24) is 29.4 Å². The van der Waals surface area contributed by atoms with Gasteiger partial charge in [0.25, 0.3) is 0 Å². The van der Waals surface area contributed by atoms with Crippen molar-refractivity contribution in [2.45, 2.75) is 58.4 Å². The molecule has 1 atom stereocenters. The fraction of sp³-hybridized carbons (Fsp3) is 0.542. The molecule has 3 aromatic heterocycles. The Kier molecular flexibility index (Phi) is 6.99. The molecule has 4 heterocycles. The summed E-state index contributed by atoms with van der Waals surface area (Å²) in [5.74, 6) is 0. The lowest BCUT2D eigenvalue weighted by Crippen LogP contribution is -2.36. The van der Waals surface area contributed by atoms with Crippen LogP contribution < -0.4 is 5.32 Å². The fourth-order valence-corrected chi connectivity index (χ4v) is 3.96. The largest absolute Gasteiger partial charge is 0.444 e. The Morgan fingerprint density at radius 3 is 2.91 bits per heavy atom. The maximum absolute atomic E-state index is 11.9. The topological polar surface area (TPSA) is 85.9 Å². The average Bonchev–Trinajstić information content (AvgIpc) is 3.39. The molecule has 1 aliphatic rings. The summed E-state index contributed by atoms with van der Waals surface area (Å²) >= 11 is 0. The van der Waals surface area contributed by atoms with E-state index in [1.165, 1.54) is 0 Å². The Morgan fingerprint density at radius 1 is 1.30 bits per heavy atom. The summed E-state index contributed by atoms with van der Waals surface area (Å²) in [6.45, 7) is 8.22. The third-order valence-corrected chi connectivity index (χ3v) is 5.52. The molecular weight excluding hydrogens is 420 g/mol. The zero-order valence-corrected chi connectivity index (χ0v) is 20.0. The minimum atomic E-state index is -0.503. The molecule has 0 bridgehead atoms. The molecule has 1 N–H and O–H groups in total. The highest BCUT2D eigenvalue weighted by Crippen LogP contribution is 2.28. The molecule has 178 valence electrons. The lowest BCUT2D eigenvalue weighted by Gasteiger charge is -2.22. The first kappa shape index (κ1) is 23.3. The van der Waals surface area contributed by atoms with Crippen molar-refractivity contribution in [3.63, 3.8) is 0 Å². The van der Waals surface area contributed by atoms with Crippen molar-refractivity contribution in [1.29, 1.82) is 0 Å². The van der Waals surface area contributed by atoms with Gasteiger partial charge in [-0.2, -0.15) is 5.10 Å². The zero-order valence-electron chi connectivity index (χ0n) is 20.0. The Bertz CT molecular complexity index is 1080. The number of fused-ring (bicyclic) bond motifs is 1. The summed E-state index contributed by atoms with van der Waals surface area (Å²) in [5.41, 5.74) is 3.48. The molecule has 0 saturated carbocycles. The monoisotopic (exact) mass is 454 g/mol. The van der Waals surface area contributed by atoms with E-state index < -0.39 is 11.7 Å². The number of imidazole rings is 1. The molecule has 1 unspecified atom stereocenters. The number of aromatic nitrogens is 4. The number of likely N-dealkylation sites (N-methyl/N-ethyl adjacent to an activating group) is 1. The number of nitrogens with one attached hydrogen (secondary N) is 1. The van der Waals surface area contributed by atoms with Crippen LogP contribution in [0, 0.1) is 0 Å². The van der Waals surface area contributed by atoms with Gasteiger partial charge in [0.05, 0.1) is 5.69 Å². The van der Waals surface area contributed by atoms with Crippen LogP contribution in [0.4, 0.5) is 4.79 Å². The van der Waals surface area contributed by atoms with E-state index in [2.05, 4.69) is 33.7 Å². The highest BCUT2D eigenvalue weighted by Gasteiger charge is 2.21. The van der Waals surface area contributed by atoms with E-state index >= 15 is 0 Å². The summed E-state index contributed by atoms with van der Waals surface area (Å²) in [5, 5.41) is 7.76. The number of nitrogens with zero attached hydrogens (tertiary/aromatic N) is 5. The van der Waals surface area contributed by atoms with Crippen molar-refractivity contribution < 1.29 is 14.3 Å². The summed E-state index contributed by atoms with van der Waals surface area (Å²) in [6, 6.07) is 4.06. The van der Waals surface area contributed by atoms with E-state index in [1.54, 1.807) is 6.20 Å².